The Morgan fingerprint density at radius 3 is 2.60 bits per heavy atom. The van der Waals surface area contributed by atoms with Crippen molar-refractivity contribution < 1.29 is 19.2 Å². The number of aliphatic imine (C=N–C) groups is 1. The second-order valence-electron chi connectivity index (χ2n) is 13.5. The lowest BCUT2D eigenvalue weighted by molar-refractivity contribution is -0.135. The molecule has 15 heteroatoms. The van der Waals surface area contributed by atoms with E-state index in [4.69, 9.17) is 16.6 Å². The minimum Gasteiger partial charge on any atom is -0.356 e. The van der Waals surface area contributed by atoms with Gasteiger partial charge in [0, 0.05) is 46.1 Å². The Morgan fingerprint density at radius 2 is 1.79 bits per heavy atom. The molecule has 53 heavy (non-hydrogen) atoms. The molecule has 2 aliphatic heterocycles. The number of carbonyl (C=O) groups is 4. The van der Waals surface area contributed by atoms with Crippen LogP contribution >= 0.6 is 22.9 Å². The molecule has 1 saturated heterocycles. The van der Waals surface area contributed by atoms with Crippen LogP contribution in [0.15, 0.2) is 60.1 Å². The number of carbonyl (C=O) groups excluding carboxylic acids is 4. The topological polar surface area (TPSA) is 165 Å². The van der Waals surface area contributed by atoms with Gasteiger partial charge in [-0.1, -0.05) is 43.0 Å². The zero-order valence-corrected chi connectivity index (χ0v) is 31.1. The molecule has 1 fully saturated rings. The van der Waals surface area contributed by atoms with Crippen molar-refractivity contribution in [3.05, 3.63) is 87.5 Å². The minimum atomic E-state index is -0.520. The van der Waals surface area contributed by atoms with E-state index < -0.39 is 12.1 Å². The third kappa shape index (κ3) is 7.93. The van der Waals surface area contributed by atoms with Crippen molar-refractivity contribution in [2.75, 3.05) is 11.9 Å². The summed E-state index contributed by atoms with van der Waals surface area (Å²) < 4.78 is 3.72. The van der Waals surface area contributed by atoms with Crippen molar-refractivity contribution >= 4 is 69.0 Å². The van der Waals surface area contributed by atoms with E-state index in [1.165, 1.54) is 4.88 Å². The maximum Gasteiger partial charge on any atom is 0.249 e. The third-order valence-corrected chi connectivity index (χ3v) is 11.2. The van der Waals surface area contributed by atoms with Gasteiger partial charge in [0.25, 0.3) is 0 Å². The summed E-state index contributed by atoms with van der Waals surface area (Å²) in [4.78, 5) is 60.6. The normalized spacial score (nSPS) is 16.8. The van der Waals surface area contributed by atoms with E-state index in [-0.39, 0.29) is 36.5 Å². The van der Waals surface area contributed by atoms with Crippen LogP contribution in [-0.2, 0) is 19.2 Å². The first-order chi connectivity index (χ1) is 25.7. The molecule has 2 atom stereocenters. The summed E-state index contributed by atoms with van der Waals surface area (Å²) in [6, 6.07) is 12.0. The number of benzene rings is 2. The average Bonchev–Trinajstić information content (AvgIpc) is 3.84. The SMILES string of the molecule is Cc1sc2c(c1C)C(c1ccc(Cl)cc1)=N[C@@H](CC(=O)NCCCCCCCC(=O)Nc1ccc3ncn(C4CCC(=O)NC4=O)c3c1)c1nncn1-2. The van der Waals surface area contributed by atoms with Gasteiger partial charge in [0.05, 0.1) is 29.5 Å². The number of nitrogens with one attached hydrogen (secondary N) is 3. The first kappa shape index (κ1) is 36.2. The molecule has 1 unspecified atom stereocenters. The van der Waals surface area contributed by atoms with Crippen LogP contribution in [0.2, 0.25) is 5.02 Å². The largest absolute Gasteiger partial charge is 0.356 e. The number of fused-ring (bicyclic) bond motifs is 4. The van der Waals surface area contributed by atoms with Gasteiger partial charge < -0.3 is 15.2 Å². The first-order valence-electron chi connectivity index (χ1n) is 17.9. The quantitative estimate of drug-likeness (QED) is 0.0937. The molecule has 13 nitrogen and oxygen atoms in total. The van der Waals surface area contributed by atoms with Crippen LogP contribution in [0.5, 0.6) is 0 Å². The molecule has 274 valence electrons. The zero-order chi connectivity index (χ0) is 37.1. The summed E-state index contributed by atoms with van der Waals surface area (Å²) >= 11 is 7.86. The number of aryl methyl sites for hydroxylation is 1. The maximum atomic E-state index is 13.2. The van der Waals surface area contributed by atoms with Gasteiger partial charge in [-0.15, -0.1) is 21.5 Å². The van der Waals surface area contributed by atoms with Gasteiger partial charge >= 0.3 is 0 Å². The molecular weight excluding hydrogens is 714 g/mol. The highest BCUT2D eigenvalue weighted by molar-refractivity contribution is 7.15. The van der Waals surface area contributed by atoms with Gasteiger partial charge in [0.2, 0.25) is 23.6 Å². The van der Waals surface area contributed by atoms with E-state index in [0.717, 1.165) is 65.0 Å². The Bertz CT molecular complexity index is 2220. The van der Waals surface area contributed by atoms with Crippen molar-refractivity contribution in [3.63, 3.8) is 0 Å². The summed E-state index contributed by atoms with van der Waals surface area (Å²) in [5.74, 6) is -0.167. The predicted molar refractivity (Wildman–Crippen MR) is 204 cm³/mol. The fraction of sp³-hybridized carbons (Fsp3) is 0.368. The highest BCUT2D eigenvalue weighted by atomic mass is 35.5. The van der Waals surface area contributed by atoms with Crippen molar-refractivity contribution in [1.29, 1.82) is 0 Å². The molecule has 3 aromatic heterocycles. The van der Waals surface area contributed by atoms with Crippen LogP contribution in [0.25, 0.3) is 16.0 Å². The highest BCUT2D eigenvalue weighted by Crippen LogP contribution is 2.39. The second-order valence-corrected chi connectivity index (χ2v) is 15.1. The molecule has 0 bridgehead atoms. The predicted octanol–water partition coefficient (Wildman–Crippen LogP) is 6.30. The number of unbranched alkanes of at least 4 members (excludes halogenated alkanes) is 4. The van der Waals surface area contributed by atoms with E-state index in [1.807, 2.05) is 41.0 Å². The fourth-order valence-electron chi connectivity index (χ4n) is 6.87. The van der Waals surface area contributed by atoms with Gasteiger partial charge in [0.15, 0.2) is 5.82 Å². The molecule has 5 heterocycles. The Hall–Kier alpha value is -5.21. The molecule has 0 aliphatic carbocycles. The lowest BCUT2D eigenvalue weighted by Gasteiger charge is -2.22. The smallest absolute Gasteiger partial charge is 0.249 e. The zero-order valence-electron chi connectivity index (χ0n) is 29.5. The summed E-state index contributed by atoms with van der Waals surface area (Å²) in [7, 11) is 0. The number of imide groups is 1. The van der Waals surface area contributed by atoms with Crippen molar-refractivity contribution in [2.45, 2.75) is 83.7 Å². The molecule has 2 aliphatic rings. The summed E-state index contributed by atoms with van der Waals surface area (Å²) in [5.41, 5.74) is 5.95. The highest BCUT2D eigenvalue weighted by Gasteiger charge is 2.32. The van der Waals surface area contributed by atoms with E-state index in [9.17, 15) is 19.2 Å². The lowest BCUT2D eigenvalue weighted by Crippen LogP contribution is -2.41. The van der Waals surface area contributed by atoms with Crippen LogP contribution in [0.4, 0.5) is 5.69 Å². The van der Waals surface area contributed by atoms with Gasteiger partial charge in [0.1, 0.15) is 23.4 Å². The van der Waals surface area contributed by atoms with Crippen LogP contribution in [0.3, 0.4) is 0 Å². The molecule has 3 N–H and O–H groups in total. The molecule has 0 spiro atoms. The first-order valence-corrected chi connectivity index (χ1v) is 19.1. The van der Waals surface area contributed by atoms with E-state index in [0.29, 0.717) is 41.4 Å². The fourth-order valence-corrected chi connectivity index (χ4v) is 8.13. The number of thiophene rings is 1. The number of halogens is 1. The number of rotatable bonds is 13. The Balaban J connectivity index is 0.861. The lowest BCUT2D eigenvalue weighted by atomic mass is 9.99. The van der Waals surface area contributed by atoms with Crippen molar-refractivity contribution in [2.24, 2.45) is 4.99 Å². The minimum absolute atomic E-state index is 0.0831. The average molecular weight is 754 g/mol. The number of hydrogen-bond acceptors (Lipinski definition) is 9. The number of piperidine rings is 1. The monoisotopic (exact) mass is 753 g/mol. The Kier molecular flexibility index (Phi) is 10.8. The van der Waals surface area contributed by atoms with E-state index in [2.05, 4.69) is 45.0 Å². The Morgan fingerprint density at radius 1 is 1.00 bits per heavy atom. The summed E-state index contributed by atoms with van der Waals surface area (Å²) in [5, 5.41) is 18.6. The molecule has 5 aromatic rings. The summed E-state index contributed by atoms with van der Waals surface area (Å²) in [6.45, 7) is 4.74. The Labute approximate surface area is 315 Å². The third-order valence-electron chi connectivity index (χ3n) is 9.78. The van der Waals surface area contributed by atoms with Crippen LogP contribution in [0.1, 0.15) is 97.3 Å². The van der Waals surface area contributed by atoms with E-state index in [1.54, 1.807) is 34.6 Å². The summed E-state index contributed by atoms with van der Waals surface area (Å²) in [6.07, 6.45) is 8.84. The molecule has 2 aromatic carbocycles. The standard InChI is InChI=1S/C38H40ClN9O4S/c1-22-23(2)53-38-34(22)35(24-9-11-25(39)12-10-24)44-28(36-46-42-21-48(36)38)19-33(51)40-17-7-5-3-4-6-8-31(49)43-26-13-14-27-30(18-26)47(20-41-27)29-15-16-32(50)45-37(29)52/h9-14,18,20-21,28-29H,3-8,15-17,19H2,1-2H3,(H,40,51)(H,43,49)(H,45,50,52)/t28-,29?/m0/s1. The number of imidazole rings is 1. The van der Waals surface area contributed by atoms with Gasteiger partial charge in [-0.2, -0.15) is 0 Å². The molecular formula is C38H40ClN9O4S. The number of amides is 4. The molecule has 7 rings (SSSR count). The second kappa shape index (κ2) is 15.8. The van der Waals surface area contributed by atoms with Crippen molar-refractivity contribution in [1.82, 2.24) is 34.9 Å². The number of hydrogen-bond donors (Lipinski definition) is 3. The van der Waals surface area contributed by atoms with Crippen LogP contribution in [-0.4, -0.2) is 60.2 Å². The van der Waals surface area contributed by atoms with Crippen LogP contribution in [0, 0.1) is 13.8 Å². The number of aromatic nitrogens is 5. The van der Waals surface area contributed by atoms with E-state index >= 15 is 0 Å². The van der Waals surface area contributed by atoms with Gasteiger partial charge in [-0.25, -0.2) is 4.98 Å². The number of nitrogens with zero attached hydrogens (tertiary/aromatic N) is 6. The van der Waals surface area contributed by atoms with Crippen LogP contribution < -0.4 is 16.0 Å². The molecule has 0 saturated carbocycles. The molecule has 0 radical (unpaired) electrons. The maximum absolute atomic E-state index is 13.2. The van der Waals surface area contributed by atoms with Gasteiger partial charge in [-0.3, -0.25) is 34.1 Å². The number of anilines is 1. The molecule has 4 amide bonds. The van der Waals surface area contributed by atoms with Crippen molar-refractivity contribution in [3.8, 4) is 5.00 Å². The van der Waals surface area contributed by atoms with Gasteiger partial charge in [-0.05, 0) is 69.0 Å².